The van der Waals surface area contributed by atoms with Crippen LogP contribution in [-0.2, 0) is 11.3 Å². The van der Waals surface area contributed by atoms with Gasteiger partial charge in [-0.3, -0.25) is 4.98 Å². The van der Waals surface area contributed by atoms with Gasteiger partial charge in [0.1, 0.15) is 0 Å². The van der Waals surface area contributed by atoms with Gasteiger partial charge in [-0.25, -0.2) is 0 Å². The van der Waals surface area contributed by atoms with E-state index in [1.54, 1.807) is 0 Å². The Bertz CT molecular complexity index is 473. The normalized spacial score (nSPS) is 33.5. The van der Waals surface area contributed by atoms with E-state index in [1.165, 1.54) is 19.3 Å². The third kappa shape index (κ3) is 2.62. The number of pyridine rings is 1. The summed E-state index contributed by atoms with van der Waals surface area (Å²) in [6.45, 7) is 9.83. The van der Waals surface area contributed by atoms with Crippen molar-refractivity contribution >= 4 is 0 Å². The molecule has 2 aliphatic carbocycles. The average molecular weight is 288 g/mol. The quantitative estimate of drug-likeness (QED) is 0.815. The van der Waals surface area contributed by atoms with Crippen LogP contribution >= 0.6 is 0 Å². The van der Waals surface area contributed by atoms with Gasteiger partial charge in [0.15, 0.2) is 0 Å². The lowest BCUT2D eigenvalue weighted by atomic mass is 9.70. The van der Waals surface area contributed by atoms with Crippen LogP contribution < -0.4 is 5.32 Å². The van der Waals surface area contributed by atoms with E-state index in [1.807, 2.05) is 24.4 Å². The highest BCUT2D eigenvalue weighted by atomic mass is 16.5. The zero-order chi connectivity index (χ0) is 14.9. The molecule has 3 unspecified atom stereocenters. The van der Waals surface area contributed by atoms with E-state index in [-0.39, 0.29) is 0 Å². The van der Waals surface area contributed by atoms with Crippen LogP contribution in [0.4, 0.5) is 0 Å². The lowest BCUT2D eigenvalue weighted by Gasteiger charge is -2.38. The van der Waals surface area contributed by atoms with Gasteiger partial charge < -0.3 is 10.1 Å². The summed E-state index contributed by atoms with van der Waals surface area (Å²) in [5.74, 6) is 0.856. The Morgan fingerprint density at radius 2 is 2.19 bits per heavy atom. The lowest BCUT2D eigenvalue weighted by molar-refractivity contribution is -0.0450. The molecule has 2 saturated carbocycles. The van der Waals surface area contributed by atoms with Gasteiger partial charge >= 0.3 is 0 Å². The molecular formula is C18H28N2O. The zero-order valence-corrected chi connectivity index (χ0v) is 13.6. The summed E-state index contributed by atoms with van der Waals surface area (Å²) >= 11 is 0. The van der Waals surface area contributed by atoms with Crippen LogP contribution in [0.3, 0.4) is 0 Å². The summed E-state index contributed by atoms with van der Waals surface area (Å²) in [5, 5.41) is 3.42. The van der Waals surface area contributed by atoms with Gasteiger partial charge in [0.2, 0.25) is 0 Å². The number of fused-ring (bicyclic) bond motifs is 2. The first-order chi connectivity index (χ1) is 10.0. The molecule has 1 heterocycles. The molecule has 3 nitrogen and oxygen atoms in total. The van der Waals surface area contributed by atoms with E-state index in [0.717, 1.165) is 31.3 Å². The number of hydrogen-bond donors (Lipinski definition) is 1. The molecule has 1 aromatic heterocycles. The third-order valence-corrected chi connectivity index (χ3v) is 6.34. The highest BCUT2D eigenvalue weighted by Gasteiger charge is 2.61. The molecule has 3 rings (SSSR count). The van der Waals surface area contributed by atoms with Gasteiger partial charge in [0.25, 0.3) is 0 Å². The van der Waals surface area contributed by atoms with E-state index in [0.29, 0.717) is 16.9 Å². The monoisotopic (exact) mass is 288 g/mol. The van der Waals surface area contributed by atoms with Gasteiger partial charge in [-0.1, -0.05) is 26.8 Å². The smallest absolute Gasteiger partial charge is 0.0637 e. The van der Waals surface area contributed by atoms with Crippen molar-refractivity contribution in [3.63, 3.8) is 0 Å². The summed E-state index contributed by atoms with van der Waals surface area (Å²) in [5.41, 5.74) is 1.91. The summed E-state index contributed by atoms with van der Waals surface area (Å²) in [7, 11) is 0. The fourth-order valence-electron chi connectivity index (χ4n) is 4.37. The Morgan fingerprint density at radius 1 is 1.33 bits per heavy atom. The standard InChI is InChI=1S/C18H28N2O/c1-17(2)14-7-8-18(17,3)16(12-14)21-11-10-19-13-15-6-4-5-9-20-15/h4-6,9,14,16,19H,7-8,10-13H2,1-3H3. The maximum atomic E-state index is 6.23. The SMILES string of the molecule is CC1(C)C2CCC1(C)C(OCCNCc1ccccn1)C2. The van der Waals surface area contributed by atoms with E-state index in [9.17, 15) is 0 Å². The molecule has 0 saturated heterocycles. The molecule has 0 aromatic carbocycles. The van der Waals surface area contributed by atoms with Crippen molar-refractivity contribution in [2.24, 2.45) is 16.7 Å². The fourth-order valence-corrected chi connectivity index (χ4v) is 4.37. The molecule has 3 heteroatoms. The van der Waals surface area contributed by atoms with Crippen LogP contribution in [0.5, 0.6) is 0 Å². The Morgan fingerprint density at radius 3 is 2.81 bits per heavy atom. The summed E-state index contributed by atoms with van der Waals surface area (Å²) < 4.78 is 6.23. The molecule has 0 spiro atoms. The van der Waals surface area contributed by atoms with Crippen LogP contribution in [0.2, 0.25) is 0 Å². The number of nitrogens with zero attached hydrogens (tertiary/aromatic N) is 1. The molecule has 1 N–H and O–H groups in total. The molecule has 3 atom stereocenters. The largest absolute Gasteiger partial charge is 0.376 e. The van der Waals surface area contributed by atoms with Gasteiger partial charge in [0.05, 0.1) is 18.4 Å². The van der Waals surface area contributed by atoms with Gasteiger partial charge in [-0.15, -0.1) is 0 Å². The molecule has 0 amide bonds. The fraction of sp³-hybridized carbons (Fsp3) is 0.722. The molecule has 0 aliphatic heterocycles. The van der Waals surface area contributed by atoms with Gasteiger partial charge in [-0.05, 0) is 48.1 Å². The minimum absolute atomic E-state index is 0.374. The van der Waals surface area contributed by atoms with E-state index < -0.39 is 0 Å². The highest BCUT2D eigenvalue weighted by molar-refractivity contribution is 5.11. The predicted molar refractivity (Wildman–Crippen MR) is 84.9 cm³/mol. The number of hydrogen-bond acceptors (Lipinski definition) is 3. The van der Waals surface area contributed by atoms with E-state index in [4.69, 9.17) is 4.74 Å². The second-order valence-corrected chi connectivity index (χ2v) is 7.47. The third-order valence-electron chi connectivity index (χ3n) is 6.34. The number of ether oxygens (including phenoxy) is 1. The molecule has 0 radical (unpaired) electrons. The Kier molecular flexibility index (Phi) is 4.06. The van der Waals surface area contributed by atoms with Crippen molar-refractivity contribution in [1.82, 2.24) is 10.3 Å². The Hall–Kier alpha value is -0.930. The maximum absolute atomic E-state index is 6.23. The van der Waals surface area contributed by atoms with Crippen molar-refractivity contribution in [2.75, 3.05) is 13.2 Å². The zero-order valence-electron chi connectivity index (χ0n) is 13.6. The topological polar surface area (TPSA) is 34.1 Å². The summed E-state index contributed by atoms with van der Waals surface area (Å²) in [4.78, 5) is 4.31. The van der Waals surface area contributed by atoms with Gasteiger partial charge in [0, 0.05) is 19.3 Å². The summed E-state index contributed by atoms with van der Waals surface area (Å²) in [6.07, 6.45) is 6.26. The minimum atomic E-state index is 0.374. The number of aromatic nitrogens is 1. The molecule has 2 aliphatic rings. The van der Waals surface area contributed by atoms with Crippen molar-refractivity contribution in [3.8, 4) is 0 Å². The van der Waals surface area contributed by atoms with Crippen LogP contribution in [0.15, 0.2) is 24.4 Å². The Balaban J connectivity index is 1.41. The molecular weight excluding hydrogens is 260 g/mol. The van der Waals surface area contributed by atoms with Crippen LogP contribution in [-0.4, -0.2) is 24.2 Å². The average Bonchev–Trinajstić information content (AvgIpc) is 2.81. The second kappa shape index (κ2) is 5.69. The lowest BCUT2D eigenvalue weighted by Crippen LogP contribution is -2.38. The predicted octanol–water partition coefficient (Wildman–Crippen LogP) is 3.40. The maximum Gasteiger partial charge on any atom is 0.0637 e. The van der Waals surface area contributed by atoms with Crippen molar-refractivity contribution in [2.45, 2.75) is 52.7 Å². The number of rotatable bonds is 6. The van der Waals surface area contributed by atoms with E-state index >= 15 is 0 Å². The molecule has 2 fully saturated rings. The highest BCUT2D eigenvalue weighted by Crippen LogP contribution is 2.66. The first-order valence-electron chi connectivity index (χ1n) is 8.26. The molecule has 1 aromatic rings. The van der Waals surface area contributed by atoms with Crippen molar-refractivity contribution in [1.29, 1.82) is 0 Å². The Labute approximate surface area is 128 Å². The van der Waals surface area contributed by atoms with Crippen LogP contribution in [0.1, 0.15) is 45.7 Å². The molecule has 21 heavy (non-hydrogen) atoms. The van der Waals surface area contributed by atoms with Crippen molar-refractivity contribution < 1.29 is 4.74 Å². The molecule has 2 bridgehead atoms. The second-order valence-electron chi connectivity index (χ2n) is 7.47. The van der Waals surface area contributed by atoms with Crippen LogP contribution in [0.25, 0.3) is 0 Å². The van der Waals surface area contributed by atoms with Crippen LogP contribution in [0, 0.1) is 16.7 Å². The van der Waals surface area contributed by atoms with Gasteiger partial charge in [-0.2, -0.15) is 0 Å². The summed E-state index contributed by atoms with van der Waals surface area (Å²) in [6, 6.07) is 6.02. The molecule has 116 valence electrons. The van der Waals surface area contributed by atoms with E-state index in [2.05, 4.69) is 31.1 Å². The first-order valence-corrected chi connectivity index (χ1v) is 8.26. The van der Waals surface area contributed by atoms with Crippen molar-refractivity contribution in [3.05, 3.63) is 30.1 Å². The minimum Gasteiger partial charge on any atom is -0.376 e. The number of nitrogens with one attached hydrogen (secondary N) is 1. The first kappa shape index (κ1) is 15.0.